The molecule has 3 aliphatic rings. The molecule has 20 heavy (non-hydrogen) atoms. The third-order valence-corrected chi connectivity index (χ3v) is 5.68. The molecule has 2 heteroatoms. The monoisotopic (exact) mass is 271 g/mol. The minimum atomic E-state index is 0.436. The van der Waals surface area contributed by atoms with Crippen LogP contribution in [-0.4, -0.2) is 30.1 Å². The molecular weight excluding hydrogens is 246 g/mol. The first-order valence-corrected chi connectivity index (χ1v) is 8.30. The van der Waals surface area contributed by atoms with Crippen LogP contribution >= 0.6 is 0 Å². The molecule has 2 bridgehead atoms. The van der Waals surface area contributed by atoms with Crippen molar-refractivity contribution in [2.24, 2.45) is 0 Å². The molecule has 2 saturated heterocycles. The SMILES string of the molecule is CN1[C@@H]2CC[C@H]1CC(Oc1ccc3c(c1)CCCC3)C2. The Morgan fingerprint density at radius 1 is 1.00 bits per heavy atom. The average molecular weight is 271 g/mol. The van der Waals surface area contributed by atoms with Crippen molar-refractivity contribution in [3.8, 4) is 5.75 Å². The molecule has 2 heterocycles. The number of hydrogen-bond donors (Lipinski definition) is 0. The Morgan fingerprint density at radius 3 is 2.45 bits per heavy atom. The van der Waals surface area contributed by atoms with Gasteiger partial charge in [0, 0.05) is 12.1 Å². The van der Waals surface area contributed by atoms with E-state index in [0.717, 1.165) is 17.8 Å². The first-order valence-electron chi connectivity index (χ1n) is 8.30. The van der Waals surface area contributed by atoms with Crippen LogP contribution in [0.25, 0.3) is 0 Å². The highest BCUT2D eigenvalue weighted by atomic mass is 16.5. The molecule has 1 aliphatic carbocycles. The fraction of sp³-hybridized carbons (Fsp3) is 0.667. The average Bonchev–Trinajstić information content (AvgIpc) is 2.70. The van der Waals surface area contributed by atoms with Crippen molar-refractivity contribution in [3.05, 3.63) is 29.3 Å². The van der Waals surface area contributed by atoms with Gasteiger partial charge in [0.1, 0.15) is 11.9 Å². The van der Waals surface area contributed by atoms with Crippen molar-refractivity contribution < 1.29 is 4.74 Å². The molecule has 1 aromatic carbocycles. The Balaban J connectivity index is 1.47. The number of rotatable bonds is 2. The van der Waals surface area contributed by atoms with Gasteiger partial charge >= 0.3 is 0 Å². The van der Waals surface area contributed by atoms with Gasteiger partial charge < -0.3 is 9.64 Å². The molecule has 1 aromatic rings. The predicted octanol–water partition coefficient (Wildman–Crippen LogP) is 3.57. The summed E-state index contributed by atoms with van der Waals surface area (Å²) in [5.74, 6) is 1.11. The number of benzene rings is 1. The van der Waals surface area contributed by atoms with E-state index < -0.39 is 0 Å². The number of ether oxygens (including phenoxy) is 1. The Kier molecular flexibility index (Phi) is 3.22. The van der Waals surface area contributed by atoms with Gasteiger partial charge in [0.05, 0.1) is 0 Å². The highest BCUT2D eigenvalue weighted by Crippen LogP contribution is 2.36. The van der Waals surface area contributed by atoms with Gasteiger partial charge in [0.25, 0.3) is 0 Å². The minimum absolute atomic E-state index is 0.436. The van der Waals surface area contributed by atoms with Crippen molar-refractivity contribution in [2.45, 2.75) is 69.6 Å². The Labute approximate surface area is 122 Å². The van der Waals surface area contributed by atoms with Gasteiger partial charge in [-0.1, -0.05) is 6.07 Å². The number of piperidine rings is 1. The lowest BCUT2D eigenvalue weighted by Crippen LogP contribution is -2.43. The van der Waals surface area contributed by atoms with Gasteiger partial charge in [-0.3, -0.25) is 0 Å². The third kappa shape index (κ3) is 2.24. The molecule has 2 aliphatic heterocycles. The number of hydrogen-bond acceptors (Lipinski definition) is 2. The molecule has 3 atom stereocenters. The molecule has 0 radical (unpaired) electrons. The minimum Gasteiger partial charge on any atom is -0.490 e. The van der Waals surface area contributed by atoms with Crippen molar-refractivity contribution in [1.82, 2.24) is 4.90 Å². The largest absolute Gasteiger partial charge is 0.490 e. The van der Waals surface area contributed by atoms with Gasteiger partial charge in [-0.2, -0.15) is 0 Å². The molecule has 2 fully saturated rings. The fourth-order valence-corrected chi connectivity index (χ4v) is 4.43. The van der Waals surface area contributed by atoms with Crippen molar-refractivity contribution in [1.29, 1.82) is 0 Å². The van der Waals surface area contributed by atoms with Gasteiger partial charge in [0.2, 0.25) is 0 Å². The Hall–Kier alpha value is -1.02. The van der Waals surface area contributed by atoms with Crippen molar-refractivity contribution in [3.63, 3.8) is 0 Å². The molecule has 4 rings (SSSR count). The number of aryl methyl sites for hydroxylation is 2. The van der Waals surface area contributed by atoms with Crippen LogP contribution in [0.4, 0.5) is 0 Å². The quantitative estimate of drug-likeness (QED) is 0.815. The topological polar surface area (TPSA) is 12.5 Å². The Bertz CT molecular complexity index is 484. The zero-order valence-electron chi connectivity index (χ0n) is 12.5. The summed E-state index contributed by atoms with van der Waals surface area (Å²) in [6.07, 6.45) is 10.8. The van der Waals surface area contributed by atoms with Crippen LogP contribution in [0.5, 0.6) is 5.75 Å². The molecule has 108 valence electrons. The van der Waals surface area contributed by atoms with Gasteiger partial charge in [0.15, 0.2) is 0 Å². The number of nitrogens with zero attached hydrogens (tertiary/aromatic N) is 1. The van der Waals surface area contributed by atoms with Crippen LogP contribution in [0, 0.1) is 0 Å². The van der Waals surface area contributed by atoms with Crippen molar-refractivity contribution >= 4 is 0 Å². The molecule has 2 nitrogen and oxygen atoms in total. The van der Waals surface area contributed by atoms with E-state index in [4.69, 9.17) is 4.74 Å². The van der Waals surface area contributed by atoms with E-state index >= 15 is 0 Å². The molecule has 0 amide bonds. The highest BCUT2D eigenvalue weighted by Gasteiger charge is 2.39. The molecule has 0 aromatic heterocycles. The maximum absolute atomic E-state index is 6.32. The second-order valence-corrected chi connectivity index (χ2v) is 6.90. The second-order valence-electron chi connectivity index (χ2n) is 6.90. The van der Waals surface area contributed by atoms with E-state index in [0.29, 0.717) is 6.10 Å². The van der Waals surface area contributed by atoms with E-state index in [-0.39, 0.29) is 0 Å². The summed E-state index contributed by atoms with van der Waals surface area (Å²) in [7, 11) is 2.29. The maximum atomic E-state index is 6.32. The normalized spacial score (nSPS) is 33.0. The highest BCUT2D eigenvalue weighted by molar-refractivity contribution is 5.37. The lowest BCUT2D eigenvalue weighted by molar-refractivity contribution is 0.0661. The fourth-order valence-electron chi connectivity index (χ4n) is 4.43. The summed E-state index contributed by atoms with van der Waals surface area (Å²) in [4.78, 5) is 2.58. The van der Waals surface area contributed by atoms with E-state index in [1.54, 1.807) is 5.56 Å². The van der Waals surface area contributed by atoms with E-state index in [1.165, 1.54) is 56.9 Å². The first-order chi connectivity index (χ1) is 9.79. The summed E-state index contributed by atoms with van der Waals surface area (Å²) in [6, 6.07) is 8.33. The lowest BCUT2D eigenvalue weighted by atomic mass is 9.91. The standard InChI is InChI=1S/C18H25NO/c1-19-15-7-8-16(19)12-18(11-15)20-17-9-6-13-4-2-3-5-14(13)10-17/h6,9-10,15-16,18H,2-5,7-8,11-12H2,1H3/t15-,16+,18?. The molecular formula is C18H25NO. The van der Waals surface area contributed by atoms with Crippen molar-refractivity contribution in [2.75, 3.05) is 7.05 Å². The summed E-state index contributed by atoms with van der Waals surface area (Å²) >= 11 is 0. The molecule has 0 saturated carbocycles. The first kappa shape index (κ1) is 12.7. The summed E-state index contributed by atoms with van der Waals surface area (Å²) in [5.41, 5.74) is 3.08. The summed E-state index contributed by atoms with van der Waals surface area (Å²) < 4.78 is 6.32. The lowest BCUT2D eigenvalue weighted by Gasteiger charge is -2.36. The second kappa shape index (κ2) is 5.07. The molecule has 1 unspecified atom stereocenters. The summed E-state index contributed by atoms with van der Waals surface area (Å²) in [6.45, 7) is 0. The van der Waals surface area contributed by atoms with Crippen LogP contribution in [0.15, 0.2) is 18.2 Å². The van der Waals surface area contributed by atoms with Crippen LogP contribution in [0.3, 0.4) is 0 Å². The van der Waals surface area contributed by atoms with E-state index in [1.807, 2.05) is 0 Å². The van der Waals surface area contributed by atoms with Crippen LogP contribution in [0.1, 0.15) is 49.7 Å². The van der Waals surface area contributed by atoms with Crippen LogP contribution in [-0.2, 0) is 12.8 Å². The maximum Gasteiger partial charge on any atom is 0.120 e. The zero-order chi connectivity index (χ0) is 13.5. The van der Waals surface area contributed by atoms with Crippen LogP contribution < -0.4 is 4.74 Å². The van der Waals surface area contributed by atoms with Crippen LogP contribution in [0.2, 0.25) is 0 Å². The predicted molar refractivity (Wildman–Crippen MR) is 81.3 cm³/mol. The van der Waals surface area contributed by atoms with E-state index in [2.05, 4.69) is 30.1 Å². The smallest absolute Gasteiger partial charge is 0.120 e. The van der Waals surface area contributed by atoms with Gasteiger partial charge in [-0.25, -0.2) is 0 Å². The van der Waals surface area contributed by atoms with Gasteiger partial charge in [-0.05, 0) is 81.7 Å². The third-order valence-electron chi connectivity index (χ3n) is 5.68. The van der Waals surface area contributed by atoms with Gasteiger partial charge in [-0.15, -0.1) is 0 Å². The Morgan fingerprint density at radius 2 is 1.70 bits per heavy atom. The number of fused-ring (bicyclic) bond motifs is 3. The zero-order valence-corrected chi connectivity index (χ0v) is 12.5. The summed E-state index contributed by atoms with van der Waals surface area (Å²) in [5, 5.41) is 0. The molecule has 0 N–H and O–H groups in total. The molecule has 0 spiro atoms. The van der Waals surface area contributed by atoms with E-state index in [9.17, 15) is 0 Å².